The van der Waals surface area contributed by atoms with Gasteiger partial charge in [0.05, 0.1) is 12.6 Å². The van der Waals surface area contributed by atoms with Crippen molar-refractivity contribution in [2.75, 3.05) is 26.2 Å². The molecule has 2 aliphatic heterocycles. The number of H-pyrrole nitrogens is 1. The average molecular weight is 478 g/mol. The van der Waals surface area contributed by atoms with Gasteiger partial charge in [-0.2, -0.15) is 0 Å². The third kappa shape index (κ3) is 4.06. The Kier molecular flexibility index (Phi) is 5.82. The van der Waals surface area contributed by atoms with Crippen LogP contribution in [0.5, 0.6) is 5.75 Å². The smallest absolute Gasteiger partial charge is 0.143 e. The van der Waals surface area contributed by atoms with Gasteiger partial charge in [-0.3, -0.25) is 4.90 Å². The zero-order valence-corrected chi connectivity index (χ0v) is 19.0. The number of rotatable bonds is 6. The molecule has 3 N–H and O–H groups in total. The molecule has 2 aliphatic rings. The first-order valence-corrected chi connectivity index (χ1v) is 11.4. The minimum Gasteiger partial charge on any atom is -0.488 e. The summed E-state index contributed by atoms with van der Waals surface area (Å²) >= 11 is 0. The van der Waals surface area contributed by atoms with Gasteiger partial charge in [-0.05, 0) is 44.0 Å². The van der Waals surface area contributed by atoms with Crippen molar-refractivity contribution in [3.63, 3.8) is 0 Å². The van der Waals surface area contributed by atoms with E-state index in [1.807, 2.05) is 6.92 Å². The molecule has 1 aromatic heterocycles. The second kappa shape index (κ2) is 8.55. The second-order valence-corrected chi connectivity index (χ2v) is 9.61. The largest absolute Gasteiger partial charge is 0.488 e. The summed E-state index contributed by atoms with van der Waals surface area (Å²) in [7, 11) is 0. The standard InChI is InChI=1S/C25H27F4N3O2/c1-13-5-18-17-6-14(26)3-4-21(17)31-23(18)24(32(13)11-25(2,29)12-33)22-19(27)7-15(8-20(22)28)34-16-9-30-10-16/h3-4,6-8,13,16,24,30-31,33H,5,9-12H2,1-2H3. The molecule has 5 nitrogen and oxygen atoms in total. The topological polar surface area (TPSA) is 60.5 Å². The van der Waals surface area contributed by atoms with Crippen LogP contribution in [0.15, 0.2) is 30.3 Å². The van der Waals surface area contributed by atoms with Crippen molar-refractivity contribution in [2.24, 2.45) is 0 Å². The van der Waals surface area contributed by atoms with Gasteiger partial charge in [-0.15, -0.1) is 0 Å². The van der Waals surface area contributed by atoms with Crippen molar-refractivity contribution in [1.29, 1.82) is 0 Å². The maximum atomic E-state index is 15.5. The van der Waals surface area contributed by atoms with Gasteiger partial charge in [0.1, 0.15) is 35.0 Å². The Labute approximate surface area is 194 Å². The van der Waals surface area contributed by atoms with E-state index in [0.29, 0.717) is 36.1 Å². The van der Waals surface area contributed by atoms with Crippen LogP contribution in [0.1, 0.15) is 36.7 Å². The fourth-order valence-corrected chi connectivity index (χ4v) is 4.94. The number of aromatic nitrogens is 1. The lowest BCUT2D eigenvalue weighted by atomic mass is 9.87. The quantitative estimate of drug-likeness (QED) is 0.470. The first-order valence-electron chi connectivity index (χ1n) is 11.4. The van der Waals surface area contributed by atoms with E-state index in [4.69, 9.17) is 4.74 Å². The third-order valence-electron chi connectivity index (χ3n) is 6.79. The Morgan fingerprint density at radius 1 is 1.15 bits per heavy atom. The number of halogens is 4. The summed E-state index contributed by atoms with van der Waals surface area (Å²) in [6.45, 7) is 3.31. The molecule has 9 heteroatoms. The molecule has 3 heterocycles. The number of hydrogen-bond acceptors (Lipinski definition) is 4. The summed E-state index contributed by atoms with van der Waals surface area (Å²) in [6, 6.07) is 5.25. The van der Waals surface area contributed by atoms with Crippen LogP contribution in [0, 0.1) is 17.5 Å². The van der Waals surface area contributed by atoms with E-state index in [9.17, 15) is 13.9 Å². The number of nitrogens with one attached hydrogen (secondary N) is 2. The summed E-state index contributed by atoms with van der Waals surface area (Å²) in [4.78, 5) is 4.85. The van der Waals surface area contributed by atoms with Gasteiger partial charge in [0.2, 0.25) is 0 Å². The summed E-state index contributed by atoms with van der Waals surface area (Å²) in [5.41, 5.74) is -0.369. The van der Waals surface area contributed by atoms with E-state index in [1.54, 1.807) is 11.0 Å². The molecule has 1 fully saturated rings. The van der Waals surface area contributed by atoms with Crippen molar-refractivity contribution >= 4 is 10.9 Å². The highest BCUT2D eigenvalue weighted by molar-refractivity contribution is 5.85. The summed E-state index contributed by atoms with van der Waals surface area (Å²) in [6.07, 6.45) is 0.276. The molecule has 1 saturated heterocycles. The van der Waals surface area contributed by atoms with Crippen molar-refractivity contribution in [3.05, 3.63) is 64.6 Å². The Morgan fingerprint density at radius 2 is 1.85 bits per heavy atom. The van der Waals surface area contributed by atoms with Crippen LogP contribution < -0.4 is 10.1 Å². The Bertz CT molecular complexity index is 1200. The SMILES string of the molecule is CC1Cc2c([nH]c3ccc(F)cc23)C(c2c(F)cc(OC3CNC3)cc2F)N1CC(C)(F)CO. The minimum absolute atomic E-state index is 0.0882. The number of aliphatic hydroxyl groups excluding tert-OH is 1. The first kappa shape index (κ1) is 23.1. The minimum atomic E-state index is -1.99. The van der Waals surface area contributed by atoms with Gasteiger partial charge in [-0.1, -0.05) is 0 Å². The molecule has 34 heavy (non-hydrogen) atoms. The number of benzene rings is 2. The number of hydrogen-bond donors (Lipinski definition) is 3. The molecular formula is C25H27F4N3O2. The van der Waals surface area contributed by atoms with Gasteiger partial charge in [0.15, 0.2) is 0 Å². The van der Waals surface area contributed by atoms with Crippen LogP contribution in [0.25, 0.3) is 10.9 Å². The summed E-state index contributed by atoms with van der Waals surface area (Å²) in [5, 5.41) is 13.2. The van der Waals surface area contributed by atoms with Gasteiger partial charge in [-0.25, -0.2) is 17.6 Å². The van der Waals surface area contributed by atoms with Gasteiger partial charge in [0.25, 0.3) is 0 Å². The molecule has 0 spiro atoms. The molecule has 5 rings (SSSR count). The fourth-order valence-electron chi connectivity index (χ4n) is 4.94. The molecule has 0 bridgehead atoms. The summed E-state index contributed by atoms with van der Waals surface area (Å²) < 4.78 is 65.7. The maximum Gasteiger partial charge on any atom is 0.143 e. The molecular weight excluding hydrogens is 450 g/mol. The Hall–Kier alpha value is -2.62. The maximum absolute atomic E-state index is 15.5. The number of aliphatic hydroxyl groups is 1. The van der Waals surface area contributed by atoms with Crippen molar-refractivity contribution in [2.45, 2.75) is 44.1 Å². The molecule has 3 aromatic rings. The average Bonchev–Trinajstić information content (AvgIpc) is 3.09. The van der Waals surface area contributed by atoms with Crippen molar-refractivity contribution in [1.82, 2.24) is 15.2 Å². The van der Waals surface area contributed by atoms with Crippen LogP contribution in [0.4, 0.5) is 17.6 Å². The van der Waals surface area contributed by atoms with Gasteiger partial charge >= 0.3 is 0 Å². The molecule has 2 aromatic carbocycles. The number of alkyl halides is 1. The van der Waals surface area contributed by atoms with E-state index in [1.165, 1.54) is 19.1 Å². The molecule has 0 aliphatic carbocycles. The lowest BCUT2D eigenvalue weighted by Crippen LogP contribution is -2.50. The normalized spacial score (nSPS) is 22.9. The lowest BCUT2D eigenvalue weighted by Gasteiger charge is -2.43. The molecule has 0 amide bonds. The molecule has 182 valence electrons. The fraction of sp³-hybridized carbons (Fsp3) is 0.440. The van der Waals surface area contributed by atoms with Crippen LogP contribution in [-0.4, -0.2) is 59.0 Å². The predicted octanol–water partition coefficient (Wildman–Crippen LogP) is 3.99. The third-order valence-corrected chi connectivity index (χ3v) is 6.79. The second-order valence-electron chi connectivity index (χ2n) is 9.61. The van der Waals surface area contributed by atoms with E-state index >= 15 is 8.78 Å². The highest BCUT2D eigenvalue weighted by atomic mass is 19.1. The van der Waals surface area contributed by atoms with Crippen molar-refractivity contribution < 1.29 is 27.4 Å². The van der Waals surface area contributed by atoms with Crippen LogP contribution >= 0.6 is 0 Å². The summed E-state index contributed by atoms with van der Waals surface area (Å²) in [5.74, 6) is -1.95. The highest BCUT2D eigenvalue weighted by Crippen LogP contribution is 2.44. The number of nitrogens with zero attached hydrogens (tertiary/aromatic N) is 1. The van der Waals surface area contributed by atoms with Crippen LogP contribution in [0.2, 0.25) is 0 Å². The van der Waals surface area contributed by atoms with E-state index in [-0.39, 0.29) is 30.0 Å². The zero-order valence-electron chi connectivity index (χ0n) is 19.0. The number of aromatic amines is 1. The predicted molar refractivity (Wildman–Crippen MR) is 120 cm³/mol. The Balaban J connectivity index is 1.65. The Morgan fingerprint density at radius 3 is 2.47 bits per heavy atom. The first-order chi connectivity index (χ1) is 16.2. The molecule has 0 radical (unpaired) electrons. The van der Waals surface area contributed by atoms with E-state index < -0.39 is 35.8 Å². The van der Waals surface area contributed by atoms with Crippen LogP contribution in [-0.2, 0) is 6.42 Å². The molecule has 0 saturated carbocycles. The number of ether oxygens (including phenoxy) is 1. The highest BCUT2D eigenvalue weighted by Gasteiger charge is 2.42. The number of fused-ring (bicyclic) bond motifs is 3. The van der Waals surface area contributed by atoms with Gasteiger partial charge < -0.3 is 20.1 Å². The molecule has 3 atom stereocenters. The van der Waals surface area contributed by atoms with E-state index in [0.717, 1.165) is 17.7 Å². The van der Waals surface area contributed by atoms with Crippen molar-refractivity contribution in [3.8, 4) is 5.75 Å². The van der Waals surface area contributed by atoms with Gasteiger partial charge in [0, 0.05) is 60.0 Å². The zero-order chi connectivity index (χ0) is 24.2. The monoisotopic (exact) mass is 477 g/mol. The van der Waals surface area contributed by atoms with E-state index in [2.05, 4.69) is 10.3 Å². The van der Waals surface area contributed by atoms with Crippen LogP contribution in [0.3, 0.4) is 0 Å². The lowest BCUT2D eigenvalue weighted by molar-refractivity contribution is 0.0162. The molecule has 3 unspecified atom stereocenters.